The molecule has 4 heteroatoms. The molecule has 4 rings (SSSR count). The first-order valence-corrected chi connectivity index (χ1v) is 6.73. The van der Waals surface area contributed by atoms with Crippen LogP contribution in [-0.4, -0.2) is 19.6 Å². The van der Waals surface area contributed by atoms with Crippen molar-refractivity contribution in [3.8, 4) is 0 Å². The fourth-order valence-electron chi connectivity index (χ4n) is 2.38. The molecule has 0 aliphatic rings. The molecule has 0 saturated heterocycles. The van der Waals surface area contributed by atoms with E-state index < -0.39 is 0 Å². The molecular formula is C17H12N4. The fourth-order valence-corrected chi connectivity index (χ4v) is 2.38. The highest BCUT2D eigenvalue weighted by Crippen LogP contribution is 2.18. The third kappa shape index (κ3) is 2.07. The lowest BCUT2D eigenvalue weighted by atomic mass is 10.2. The molecule has 2 aromatic heterocycles. The molecule has 0 radical (unpaired) electrons. The van der Waals surface area contributed by atoms with Crippen LogP contribution in [0.2, 0.25) is 0 Å². The normalized spacial score (nSPS) is 11.6. The van der Waals surface area contributed by atoms with Crippen LogP contribution >= 0.6 is 0 Å². The summed E-state index contributed by atoms with van der Waals surface area (Å²) in [6.07, 6.45) is 5.73. The topological polar surface area (TPSA) is 43.1 Å². The Kier molecular flexibility index (Phi) is 2.71. The number of rotatable bonds is 2. The summed E-state index contributed by atoms with van der Waals surface area (Å²) in [6.45, 7) is 0. The van der Waals surface area contributed by atoms with Crippen LogP contribution in [0.4, 0.5) is 0 Å². The van der Waals surface area contributed by atoms with Crippen molar-refractivity contribution in [2.24, 2.45) is 0 Å². The van der Waals surface area contributed by atoms with Gasteiger partial charge in [0.25, 0.3) is 0 Å². The molecule has 100 valence electrons. The second-order valence-electron chi connectivity index (χ2n) is 4.75. The number of para-hydroxylation sites is 2. The molecule has 0 aliphatic heterocycles. The lowest BCUT2D eigenvalue weighted by Gasteiger charge is -2.03. The van der Waals surface area contributed by atoms with E-state index in [2.05, 4.69) is 27.3 Å². The molecule has 0 N–H and O–H groups in total. The molecule has 0 fully saturated rings. The molecule has 0 amide bonds. The molecule has 0 unspecified atom stereocenters. The highest BCUT2D eigenvalue weighted by atomic mass is 15.2. The Bertz CT molecular complexity index is 939. The molecular weight excluding hydrogens is 260 g/mol. The van der Waals surface area contributed by atoms with Crippen LogP contribution in [0.5, 0.6) is 0 Å². The largest absolute Gasteiger partial charge is 0.278 e. The maximum atomic E-state index is 4.68. The van der Waals surface area contributed by atoms with Gasteiger partial charge in [0.1, 0.15) is 12.0 Å². The molecule has 2 aromatic carbocycles. The third-order valence-electron chi connectivity index (χ3n) is 3.39. The van der Waals surface area contributed by atoms with Crippen molar-refractivity contribution in [1.82, 2.24) is 19.6 Å². The van der Waals surface area contributed by atoms with Crippen molar-refractivity contribution in [2.45, 2.75) is 0 Å². The van der Waals surface area contributed by atoms with Gasteiger partial charge in [0.05, 0.1) is 11.0 Å². The minimum absolute atomic E-state index is 0.765. The van der Waals surface area contributed by atoms with E-state index in [1.54, 1.807) is 6.33 Å². The van der Waals surface area contributed by atoms with E-state index in [0.717, 1.165) is 27.9 Å². The van der Waals surface area contributed by atoms with Gasteiger partial charge < -0.3 is 0 Å². The van der Waals surface area contributed by atoms with Crippen LogP contribution in [-0.2, 0) is 0 Å². The van der Waals surface area contributed by atoms with E-state index in [1.807, 2.05) is 59.0 Å². The van der Waals surface area contributed by atoms with Gasteiger partial charge in [-0.25, -0.2) is 4.98 Å². The van der Waals surface area contributed by atoms with Crippen molar-refractivity contribution in [3.05, 3.63) is 72.2 Å². The Hall–Kier alpha value is -3.01. The minimum Gasteiger partial charge on any atom is -0.278 e. The summed E-state index contributed by atoms with van der Waals surface area (Å²) in [5.41, 5.74) is 4.65. The van der Waals surface area contributed by atoms with Gasteiger partial charge in [0.2, 0.25) is 0 Å². The first-order valence-electron chi connectivity index (χ1n) is 6.73. The number of nitrogens with zero attached hydrogens (tertiary/aromatic N) is 4. The van der Waals surface area contributed by atoms with Gasteiger partial charge in [-0.05, 0) is 23.8 Å². The third-order valence-corrected chi connectivity index (χ3v) is 3.39. The van der Waals surface area contributed by atoms with E-state index in [-0.39, 0.29) is 0 Å². The number of hydrogen-bond donors (Lipinski definition) is 0. The molecule has 0 spiro atoms. The highest BCUT2D eigenvalue weighted by molar-refractivity contribution is 5.83. The van der Waals surface area contributed by atoms with Crippen LogP contribution in [0.1, 0.15) is 11.3 Å². The first-order chi connectivity index (χ1) is 10.4. The molecule has 0 atom stereocenters. The average Bonchev–Trinajstić information content (AvgIpc) is 3.04. The smallest absolute Gasteiger partial charge is 0.187 e. The predicted octanol–water partition coefficient (Wildman–Crippen LogP) is 3.45. The Morgan fingerprint density at radius 3 is 2.57 bits per heavy atom. The zero-order chi connectivity index (χ0) is 14.1. The van der Waals surface area contributed by atoms with E-state index >= 15 is 0 Å². The Balaban J connectivity index is 1.91. The Morgan fingerprint density at radius 2 is 1.67 bits per heavy atom. The van der Waals surface area contributed by atoms with Crippen LogP contribution in [0.25, 0.3) is 28.8 Å². The van der Waals surface area contributed by atoms with Crippen molar-refractivity contribution < 1.29 is 0 Å². The average molecular weight is 272 g/mol. The van der Waals surface area contributed by atoms with E-state index in [1.165, 1.54) is 0 Å². The highest BCUT2D eigenvalue weighted by Gasteiger charge is 2.07. The summed E-state index contributed by atoms with van der Waals surface area (Å²) in [5, 5.41) is 8.19. The molecule has 0 aliphatic carbocycles. The van der Waals surface area contributed by atoms with E-state index in [4.69, 9.17) is 0 Å². The molecule has 0 saturated carbocycles. The molecule has 4 nitrogen and oxygen atoms in total. The first kappa shape index (κ1) is 11.8. The van der Waals surface area contributed by atoms with Crippen molar-refractivity contribution in [3.63, 3.8) is 0 Å². The van der Waals surface area contributed by atoms with Crippen molar-refractivity contribution in [1.29, 1.82) is 0 Å². The number of fused-ring (bicyclic) bond motifs is 3. The van der Waals surface area contributed by atoms with E-state index in [9.17, 15) is 0 Å². The molecule has 4 aromatic rings. The van der Waals surface area contributed by atoms with Gasteiger partial charge >= 0.3 is 0 Å². The minimum atomic E-state index is 0.765. The summed E-state index contributed by atoms with van der Waals surface area (Å²) in [6, 6.07) is 18.1. The molecule has 2 heterocycles. The second kappa shape index (κ2) is 4.83. The summed E-state index contributed by atoms with van der Waals surface area (Å²) < 4.78 is 1.97. The summed E-state index contributed by atoms with van der Waals surface area (Å²) in [5.74, 6) is 0. The van der Waals surface area contributed by atoms with Crippen LogP contribution in [0, 0.1) is 0 Å². The number of aromatic nitrogens is 4. The lowest BCUT2D eigenvalue weighted by Crippen LogP contribution is -1.94. The maximum Gasteiger partial charge on any atom is 0.187 e. The Labute approximate surface area is 121 Å². The lowest BCUT2D eigenvalue weighted by molar-refractivity contribution is 1.11. The standard InChI is InChI=1S/C17H12N4/c1-2-6-13(7-3-1)10-11-15-17-20-18-12-21(17)16-9-5-4-8-14(16)19-15/h1-12H. The number of benzene rings is 2. The zero-order valence-electron chi connectivity index (χ0n) is 11.2. The van der Waals surface area contributed by atoms with Crippen molar-refractivity contribution >= 4 is 28.8 Å². The van der Waals surface area contributed by atoms with Crippen LogP contribution in [0.15, 0.2) is 60.9 Å². The predicted molar refractivity (Wildman–Crippen MR) is 83.7 cm³/mol. The van der Waals surface area contributed by atoms with Crippen LogP contribution in [0.3, 0.4) is 0 Å². The summed E-state index contributed by atoms with van der Waals surface area (Å²) in [7, 11) is 0. The van der Waals surface area contributed by atoms with Gasteiger partial charge in [-0.1, -0.05) is 48.5 Å². The molecule has 0 bridgehead atoms. The zero-order valence-corrected chi connectivity index (χ0v) is 11.2. The van der Waals surface area contributed by atoms with E-state index in [0.29, 0.717) is 0 Å². The van der Waals surface area contributed by atoms with Crippen molar-refractivity contribution in [2.75, 3.05) is 0 Å². The van der Waals surface area contributed by atoms with Gasteiger partial charge in [0.15, 0.2) is 5.65 Å². The van der Waals surface area contributed by atoms with Gasteiger partial charge in [-0.2, -0.15) is 0 Å². The van der Waals surface area contributed by atoms with Crippen LogP contribution < -0.4 is 0 Å². The van der Waals surface area contributed by atoms with Gasteiger partial charge in [-0.3, -0.25) is 4.40 Å². The summed E-state index contributed by atoms with van der Waals surface area (Å²) >= 11 is 0. The fraction of sp³-hybridized carbons (Fsp3) is 0. The molecule has 21 heavy (non-hydrogen) atoms. The Morgan fingerprint density at radius 1 is 0.857 bits per heavy atom. The van der Waals surface area contributed by atoms with Gasteiger partial charge in [0, 0.05) is 0 Å². The summed E-state index contributed by atoms with van der Waals surface area (Å²) in [4.78, 5) is 4.68. The monoisotopic (exact) mass is 272 g/mol. The number of hydrogen-bond acceptors (Lipinski definition) is 3. The SMILES string of the molecule is C(=Cc1nc2ccccc2n2cnnc12)c1ccccc1. The van der Waals surface area contributed by atoms with Gasteiger partial charge in [-0.15, -0.1) is 10.2 Å². The quantitative estimate of drug-likeness (QED) is 0.561. The second-order valence-corrected chi connectivity index (χ2v) is 4.75. The maximum absolute atomic E-state index is 4.68.